The topological polar surface area (TPSA) is 58.4 Å². The van der Waals surface area contributed by atoms with E-state index in [9.17, 15) is 8.42 Å². The molecule has 3 aliphatic rings. The first-order valence-corrected chi connectivity index (χ1v) is 17.0. The van der Waals surface area contributed by atoms with Crippen LogP contribution in [0.2, 0.25) is 0 Å². The van der Waals surface area contributed by atoms with Gasteiger partial charge in [-0.05, 0) is 107 Å². The normalized spacial score (nSPS) is 25.9. The van der Waals surface area contributed by atoms with Crippen LogP contribution in [0.1, 0.15) is 76.7 Å². The summed E-state index contributed by atoms with van der Waals surface area (Å²) in [5.74, 6) is 0.744. The summed E-state index contributed by atoms with van der Waals surface area (Å²) in [6.07, 6.45) is 11.1. The highest BCUT2D eigenvalue weighted by molar-refractivity contribution is 7.90. The van der Waals surface area contributed by atoms with Crippen molar-refractivity contribution in [2.75, 3.05) is 19.3 Å². The predicted molar refractivity (Wildman–Crippen MR) is 159 cm³/mol. The second-order valence-electron chi connectivity index (χ2n) is 12.5. The first kappa shape index (κ1) is 27.9. The second-order valence-corrected chi connectivity index (χ2v) is 14.5. The summed E-state index contributed by atoms with van der Waals surface area (Å²) >= 11 is 0. The number of benzene rings is 2. The molecule has 0 N–H and O–H groups in total. The van der Waals surface area contributed by atoms with Gasteiger partial charge in [0.15, 0.2) is 9.84 Å². The maximum absolute atomic E-state index is 15.5. The molecule has 40 heavy (non-hydrogen) atoms. The summed E-state index contributed by atoms with van der Waals surface area (Å²) in [6, 6.07) is 13.1. The van der Waals surface area contributed by atoms with Crippen LogP contribution in [-0.4, -0.2) is 71.3 Å². The van der Waals surface area contributed by atoms with Crippen LogP contribution in [0.3, 0.4) is 0 Å². The Bertz CT molecular complexity index is 1470. The number of sulfone groups is 1. The molecule has 6 rings (SSSR count). The van der Waals surface area contributed by atoms with Crippen molar-refractivity contribution in [1.29, 1.82) is 0 Å². The lowest BCUT2D eigenvalue weighted by molar-refractivity contribution is -0.0296. The van der Waals surface area contributed by atoms with Crippen LogP contribution in [0.5, 0.6) is 0 Å². The fraction of sp³-hybridized carbons (Fsp3) is 0.594. The molecule has 2 saturated heterocycles. The number of nitrogens with zero attached hydrogens (tertiary/aromatic N) is 4. The first-order chi connectivity index (χ1) is 19.1. The molecular weight excluding hydrogens is 523 g/mol. The Morgan fingerprint density at radius 2 is 1.70 bits per heavy atom. The molecule has 3 aromatic rings. The van der Waals surface area contributed by atoms with Crippen molar-refractivity contribution in [3.05, 3.63) is 47.8 Å². The Morgan fingerprint density at radius 3 is 2.30 bits per heavy atom. The molecule has 2 aromatic carbocycles. The molecule has 1 aromatic heterocycles. The average molecular weight is 567 g/mol. The number of piperidine rings is 2. The lowest BCUT2D eigenvalue weighted by Gasteiger charge is -2.53. The van der Waals surface area contributed by atoms with Crippen LogP contribution >= 0.6 is 0 Å². The maximum Gasteiger partial charge on any atom is 0.175 e. The molecule has 216 valence electrons. The van der Waals surface area contributed by atoms with Crippen LogP contribution in [0.15, 0.2) is 41.3 Å². The van der Waals surface area contributed by atoms with E-state index in [4.69, 9.17) is 4.98 Å². The van der Waals surface area contributed by atoms with Crippen LogP contribution in [0.25, 0.3) is 22.4 Å². The Hall–Kier alpha value is -2.29. The van der Waals surface area contributed by atoms with Gasteiger partial charge in [0, 0.05) is 49.1 Å². The fourth-order valence-corrected chi connectivity index (χ4v) is 8.28. The molecule has 1 aliphatic carbocycles. The van der Waals surface area contributed by atoms with Crippen molar-refractivity contribution < 1.29 is 12.8 Å². The minimum absolute atomic E-state index is 0.170. The molecular formula is C32H43FN4O2S. The Kier molecular flexibility index (Phi) is 7.55. The van der Waals surface area contributed by atoms with E-state index >= 15 is 4.39 Å². The zero-order chi connectivity index (χ0) is 28.2. The fourth-order valence-electron chi connectivity index (χ4n) is 7.65. The zero-order valence-electron chi connectivity index (χ0n) is 24.3. The SMILES string of the molecule is CCC1CC(N2CCC(c3cc4c(cc3F)nc(-c3ccc(S(C)(=O)=O)cc3)n4C)CC2)CC(C)N1C1CCC1. The highest BCUT2D eigenvalue weighted by Crippen LogP contribution is 2.39. The van der Waals surface area contributed by atoms with E-state index in [1.807, 2.05) is 17.7 Å². The van der Waals surface area contributed by atoms with Crippen molar-refractivity contribution in [3.63, 3.8) is 0 Å². The number of hydrogen-bond donors (Lipinski definition) is 0. The molecule has 3 heterocycles. The smallest absolute Gasteiger partial charge is 0.175 e. The number of aryl methyl sites for hydroxylation is 1. The second kappa shape index (κ2) is 10.8. The van der Waals surface area contributed by atoms with Crippen molar-refractivity contribution >= 4 is 20.9 Å². The largest absolute Gasteiger partial charge is 0.327 e. The maximum atomic E-state index is 15.5. The van der Waals surface area contributed by atoms with Gasteiger partial charge in [-0.2, -0.15) is 0 Å². The minimum atomic E-state index is -3.27. The molecule has 6 nitrogen and oxygen atoms in total. The number of fused-ring (bicyclic) bond motifs is 1. The number of imidazole rings is 1. The van der Waals surface area contributed by atoms with Gasteiger partial charge in [-0.25, -0.2) is 17.8 Å². The molecule has 0 amide bonds. The van der Waals surface area contributed by atoms with E-state index in [-0.39, 0.29) is 16.6 Å². The van der Waals surface area contributed by atoms with Gasteiger partial charge < -0.3 is 9.47 Å². The molecule has 3 unspecified atom stereocenters. The summed E-state index contributed by atoms with van der Waals surface area (Å²) in [4.78, 5) is 10.5. The average Bonchev–Trinajstić information content (AvgIpc) is 3.22. The molecule has 3 fully saturated rings. The van der Waals surface area contributed by atoms with Gasteiger partial charge in [-0.15, -0.1) is 0 Å². The third-order valence-corrected chi connectivity index (χ3v) is 11.2. The predicted octanol–water partition coefficient (Wildman–Crippen LogP) is 6.15. The van der Waals surface area contributed by atoms with Crippen molar-refractivity contribution in [1.82, 2.24) is 19.4 Å². The number of halogens is 1. The van der Waals surface area contributed by atoms with Gasteiger partial charge >= 0.3 is 0 Å². The quantitative estimate of drug-likeness (QED) is 0.358. The summed E-state index contributed by atoms with van der Waals surface area (Å²) in [6.45, 7) is 6.85. The summed E-state index contributed by atoms with van der Waals surface area (Å²) in [7, 11) is -1.32. The number of rotatable bonds is 6. The van der Waals surface area contributed by atoms with Crippen LogP contribution in [-0.2, 0) is 16.9 Å². The minimum Gasteiger partial charge on any atom is -0.327 e. The van der Waals surface area contributed by atoms with Crippen LogP contribution in [0, 0.1) is 5.82 Å². The third kappa shape index (κ3) is 5.12. The zero-order valence-corrected chi connectivity index (χ0v) is 25.1. The number of likely N-dealkylation sites (tertiary alicyclic amines) is 2. The molecule has 1 saturated carbocycles. The van der Waals surface area contributed by atoms with Gasteiger partial charge in [-0.1, -0.05) is 13.3 Å². The number of aromatic nitrogens is 2. The van der Waals surface area contributed by atoms with E-state index in [2.05, 4.69) is 23.6 Å². The molecule has 8 heteroatoms. The molecule has 0 bridgehead atoms. The van der Waals surface area contributed by atoms with E-state index in [0.717, 1.165) is 48.6 Å². The van der Waals surface area contributed by atoms with Crippen molar-refractivity contribution in [3.8, 4) is 11.4 Å². The lowest BCUT2D eigenvalue weighted by Crippen LogP contribution is -2.59. The standard InChI is InChI=1S/C32H43FN4O2S/c1-5-24-18-26(17-21(2)37(24)25-7-6-8-25)36-15-13-22(14-16-36)28-19-31-30(20-29(28)33)34-32(35(31)3)23-9-11-27(12-10-23)40(4,38)39/h9-12,19-22,24-26H,5-8,13-18H2,1-4H3. The summed E-state index contributed by atoms with van der Waals surface area (Å²) in [5, 5.41) is 0. The summed E-state index contributed by atoms with van der Waals surface area (Å²) in [5.41, 5.74) is 3.14. The summed E-state index contributed by atoms with van der Waals surface area (Å²) < 4.78 is 41.1. The molecule has 2 aliphatic heterocycles. The van der Waals surface area contributed by atoms with E-state index in [1.54, 1.807) is 30.3 Å². The van der Waals surface area contributed by atoms with Gasteiger partial charge in [0.25, 0.3) is 0 Å². The van der Waals surface area contributed by atoms with E-state index in [0.29, 0.717) is 29.5 Å². The van der Waals surface area contributed by atoms with Gasteiger partial charge in [-0.3, -0.25) is 4.90 Å². The first-order valence-electron chi connectivity index (χ1n) is 15.1. The van der Waals surface area contributed by atoms with Crippen molar-refractivity contribution in [2.24, 2.45) is 7.05 Å². The van der Waals surface area contributed by atoms with Gasteiger partial charge in [0.1, 0.15) is 11.6 Å². The lowest BCUT2D eigenvalue weighted by atomic mass is 9.81. The molecule has 0 radical (unpaired) electrons. The third-order valence-electron chi connectivity index (χ3n) is 10.1. The Balaban J connectivity index is 1.17. The Morgan fingerprint density at radius 1 is 1.00 bits per heavy atom. The monoisotopic (exact) mass is 566 g/mol. The van der Waals surface area contributed by atoms with Crippen LogP contribution in [0.4, 0.5) is 4.39 Å². The van der Waals surface area contributed by atoms with Gasteiger partial charge in [0.2, 0.25) is 0 Å². The highest BCUT2D eigenvalue weighted by Gasteiger charge is 2.41. The number of hydrogen-bond acceptors (Lipinski definition) is 5. The van der Waals surface area contributed by atoms with Crippen molar-refractivity contribution in [2.45, 2.75) is 100 Å². The van der Waals surface area contributed by atoms with Crippen LogP contribution < -0.4 is 0 Å². The Labute approximate surface area is 238 Å². The van der Waals surface area contributed by atoms with E-state index < -0.39 is 9.84 Å². The molecule has 0 spiro atoms. The highest BCUT2D eigenvalue weighted by atomic mass is 32.2. The van der Waals surface area contributed by atoms with E-state index in [1.165, 1.54) is 44.8 Å². The van der Waals surface area contributed by atoms with Gasteiger partial charge in [0.05, 0.1) is 15.9 Å². The molecule has 3 atom stereocenters.